The van der Waals surface area contributed by atoms with Gasteiger partial charge in [-0.2, -0.15) is 0 Å². The molecule has 1 N–H and O–H groups in total. The molecule has 1 unspecified atom stereocenters. The van der Waals surface area contributed by atoms with Gasteiger partial charge in [0.15, 0.2) is 0 Å². The second kappa shape index (κ2) is 54.0. The molecular weight excluding hydrogens is 749 g/mol. The molecule has 0 aliphatic carbocycles. The summed E-state index contributed by atoms with van der Waals surface area (Å²) in [6.07, 6.45) is 74.3. The number of esters is 1. The third kappa shape index (κ3) is 52.1. The van der Waals surface area contributed by atoms with Crippen molar-refractivity contribution in [3.8, 4) is 0 Å². The summed E-state index contributed by atoms with van der Waals surface area (Å²) in [6.45, 7) is 5.24. The van der Waals surface area contributed by atoms with Gasteiger partial charge in [-0.25, -0.2) is 0 Å². The Morgan fingerprint density at radius 2 is 0.738 bits per heavy atom. The summed E-state index contributed by atoms with van der Waals surface area (Å²) in [7, 11) is 0. The number of unbranched alkanes of at least 4 members (excludes halogenated alkanes) is 29. The summed E-state index contributed by atoms with van der Waals surface area (Å²) >= 11 is 0. The van der Waals surface area contributed by atoms with Crippen molar-refractivity contribution in [1.82, 2.24) is 0 Å². The Kier molecular flexibility index (Phi) is 52.0. The van der Waals surface area contributed by atoms with Crippen LogP contribution in [0.4, 0.5) is 0 Å². The lowest BCUT2D eigenvalue weighted by molar-refractivity contribution is -0.154. The molecular formula is C57H102O4. The summed E-state index contributed by atoms with van der Waals surface area (Å²) < 4.78 is 11.2. The molecule has 0 aliphatic rings. The number of carbonyl (C=O) groups is 1. The van der Waals surface area contributed by atoms with Crippen LogP contribution in [0.1, 0.15) is 258 Å². The molecule has 0 heterocycles. The van der Waals surface area contributed by atoms with Crippen molar-refractivity contribution < 1.29 is 19.4 Å². The number of ether oxygens (including phenoxy) is 2. The molecule has 0 saturated heterocycles. The van der Waals surface area contributed by atoms with E-state index in [1.165, 1.54) is 186 Å². The van der Waals surface area contributed by atoms with Gasteiger partial charge in [0.1, 0.15) is 6.10 Å². The Labute approximate surface area is 380 Å². The SMILES string of the molecule is CC/C=C\C/C=C\C/C=C\C/C=C\CCCCCCCCCCCCCOCC(CO)OC(=O)CCCCCCCCCCCCCCC/C=C\C/C=C\CCCCCCC. The molecule has 0 aromatic heterocycles. The van der Waals surface area contributed by atoms with E-state index in [4.69, 9.17) is 9.47 Å². The Hall–Kier alpha value is -2.17. The normalized spacial score (nSPS) is 12.9. The molecule has 0 bridgehead atoms. The Morgan fingerprint density at radius 3 is 1.11 bits per heavy atom. The molecule has 1 atom stereocenters. The summed E-state index contributed by atoms with van der Waals surface area (Å²) in [4.78, 5) is 12.3. The van der Waals surface area contributed by atoms with Gasteiger partial charge in [-0.3, -0.25) is 4.79 Å². The third-order valence-corrected chi connectivity index (χ3v) is 11.5. The largest absolute Gasteiger partial charge is 0.457 e. The van der Waals surface area contributed by atoms with Crippen molar-refractivity contribution >= 4 is 5.97 Å². The van der Waals surface area contributed by atoms with E-state index in [0.717, 1.165) is 51.4 Å². The summed E-state index contributed by atoms with van der Waals surface area (Å²) in [5.74, 6) is -0.201. The van der Waals surface area contributed by atoms with E-state index in [2.05, 4.69) is 86.8 Å². The first-order chi connectivity index (χ1) is 30.2. The Morgan fingerprint density at radius 1 is 0.410 bits per heavy atom. The van der Waals surface area contributed by atoms with E-state index >= 15 is 0 Å². The molecule has 0 saturated carbocycles. The van der Waals surface area contributed by atoms with Crippen LogP contribution >= 0.6 is 0 Å². The molecule has 0 rings (SSSR count). The van der Waals surface area contributed by atoms with E-state index in [1.807, 2.05) is 0 Å². The van der Waals surface area contributed by atoms with Crippen molar-refractivity contribution in [2.75, 3.05) is 19.8 Å². The van der Waals surface area contributed by atoms with Crippen molar-refractivity contribution in [3.63, 3.8) is 0 Å². The Balaban J connectivity index is 3.41. The number of hydrogen-bond donors (Lipinski definition) is 1. The summed E-state index contributed by atoms with van der Waals surface area (Å²) in [6, 6.07) is 0. The average Bonchev–Trinajstić information content (AvgIpc) is 3.27. The maximum Gasteiger partial charge on any atom is 0.306 e. The minimum Gasteiger partial charge on any atom is -0.457 e. The zero-order valence-corrected chi connectivity index (χ0v) is 40.7. The highest BCUT2D eigenvalue weighted by Gasteiger charge is 2.13. The second-order valence-corrected chi connectivity index (χ2v) is 17.6. The lowest BCUT2D eigenvalue weighted by Gasteiger charge is -2.16. The van der Waals surface area contributed by atoms with Gasteiger partial charge in [0.05, 0.1) is 13.2 Å². The molecule has 0 aromatic carbocycles. The zero-order valence-electron chi connectivity index (χ0n) is 40.7. The first-order valence-corrected chi connectivity index (χ1v) is 26.5. The van der Waals surface area contributed by atoms with Crippen LogP contribution in [0.15, 0.2) is 72.9 Å². The molecule has 61 heavy (non-hydrogen) atoms. The van der Waals surface area contributed by atoms with Gasteiger partial charge in [0, 0.05) is 13.0 Å². The predicted molar refractivity (Wildman–Crippen MR) is 269 cm³/mol. The van der Waals surface area contributed by atoms with Crippen LogP contribution in [-0.2, 0) is 14.3 Å². The number of aliphatic hydroxyl groups is 1. The van der Waals surface area contributed by atoms with Crippen LogP contribution in [0, 0.1) is 0 Å². The highest BCUT2D eigenvalue weighted by Crippen LogP contribution is 2.15. The number of allylic oxidation sites excluding steroid dienone is 12. The highest BCUT2D eigenvalue weighted by molar-refractivity contribution is 5.69. The monoisotopic (exact) mass is 851 g/mol. The standard InChI is InChI=1S/C57H102O4/c1-3-5-7-9-11-13-15-17-19-21-23-25-27-29-30-32-34-36-38-40-42-44-46-48-50-52-57(59)61-56(54-58)55-60-53-51-49-47-45-43-41-39-37-35-33-31-28-26-24-22-20-18-16-14-12-10-8-6-4-2/h6,8,12,14-15,17-18,20-21,23-24,26,56,58H,3-5,7,9-11,13,16,19,22,25,27-55H2,1-2H3/b8-6-,14-12-,17-15-,20-18-,23-21-,26-24-. The summed E-state index contributed by atoms with van der Waals surface area (Å²) in [5.41, 5.74) is 0. The lowest BCUT2D eigenvalue weighted by atomic mass is 10.0. The first-order valence-electron chi connectivity index (χ1n) is 26.5. The third-order valence-electron chi connectivity index (χ3n) is 11.5. The van der Waals surface area contributed by atoms with Crippen molar-refractivity contribution in [2.24, 2.45) is 0 Å². The van der Waals surface area contributed by atoms with Crippen LogP contribution in [0.2, 0.25) is 0 Å². The topological polar surface area (TPSA) is 55.8 Å². The van der Waals surface area contributed by atoms with Crippen molar-refractivity contribution in [1.29, 1.82) is 0 Å². The fourth-order valence-corrected chi connectivity index (χ4v) is 7.59. The average molecular weight is 851 g/mol. The van der Waals surface area contributed by atoms with Gasteiger partial charge in [0.25, 0.3) is 0 Å². The highest BCUT2D eigenvalue weighted by atomic mass is 16.6. The van der Waals surface area contributed by atoms with Crippen LogP contribution in [0.5, 0.6) is 0 Å². The fraction of sp³-hybridized carbons (Fsp3) is 0.772. The minimum absolute atomic E-state index is 0.174. The maximum atomic E-state index is 12.3. The number of aliphatic hydroxyl groups excluding tert-OH is 1. The summed E-state index contributed by atoms with van der Waals surface area (Å²) in [5, 5.41) is 9.66. The van der Waals surface area contributed by atoms with Crippen molar-refractivity contribution in [2.45, 2.75) is 264 Å². The second-order valence-electron chi connectivity index (χ2n) is 17.6. The van der Waals surface area contributed by atoms with Crippen LogP contribution in [-0.4, -0.2) is 37.0 Å². The molecule has 0 spiro atoms. The molecule has 0 fully saturated rings. The van der Waals surface area contributed by atoms with E-state index in [1.54, 1.807) is 0 Å². The molecule has 4 heteroatoms. The van der Waals surface area contributed by atoms with Crippen LogP contribution in [0.3, 0.4) is 0 Å². The zero-order chi connectivity index (χ0) is 44.0. The molecule has 354 valence electrons. The van der Waals surface area contributed by atoms with Crippen LogP contribution in [0.25, 0.3) is 0 Å². The molecule has 0 aliphatic heterocycles. The maximum absolute atomic E-state index is 12.3. The van der Waals surface area contributed by atoms with E-state index in [0.29, 0.717) is 19.6 Å². The quantitative estimate of drug-likeness (QED) is 0.0376. The number of carbonyl (C=O) groups excluding carboxylic acids is 1. The fourth-order valence-electron chi connectivity index (χ4n) is 7.59. The van der Waals surface area contributed by atoms with Gasteiger partial charge < -0.3 is 14.6 Å². The van der Waals surface area contributed by atoms with Gasteiger partial charge in [0.2, 0.25) is 0 Å². The number of rotatable bonds is 49. The van der Waals surface area contributed by atoms with Gasteiger partial charge in [-0.1, -0.05) is 241 Å². The van der Waals surface area contributed by atoms with Crippen molar-refractivity contribution in [3.05, 3.63) is 72.9 Å². The molecule has 0 aromatic rings. The lowest BCUT2D eigenvalue weighted by Crippen LogP contribution is -2.27. The minimum atomic E-state index is -0.540. The smallest absolute Gasteiger partial charge is 0.306 e. The molecule has 4 nitrogen and oxygen atoms in total. The molecule has 0 radical (unpaired) electrons. The van der Waals surface area contributed by atoms with E-state index in [-0.39, 0.29) is 12.6 Å². The Bertz CT molecular complexity index is 1040. The van der Waals surface area contributed by atoms with Gasteiger partial charge in [-0.05, 0) is 83.5 Å². The van der Waals surface area contributed by atoms with Gasteiger partial charge in [-0.15, -0.1) is 0 Å². The van der Waals surface area contributed by atoms with Gasteiger partial charge >= 0.3 is 5.97 Å². The molecule has 0 amide bonds. The van der Waals surface area contributed by atoms with E-state index < -0.39 is 6.10 Å². The first kappa shape index (κ1) is 58.8. The van der Waals surface area contributed by atoms with E-state index in [9.17, 15) is 9.90 Å². The predicted octanol–water partition coefficient (Wildman–Crippen LogP) is 18.1. The van der Waals surface area contributed by atoms with Crippen LogP contribution < -0.4 is 0 Å². The number of hydrogen-bond acceptors (Lipinski definition) is 4.